The number of hydrogen-bond acceptors (Lipinski definition) is 3. The van der Waals surface area contributed by atoms with Crippen molar-refractivity contribution in [1.82, 2.24) is 15.3 Å². The van der Waals surface area contributed by atoms with E-state index >= 15 is 0 Å². The Morgan fingerprint density at radius 2 is 2.21 bits per heavy atom. The second-order valence-corrected chi connectivity index (χ2v) is 5.38. The van der Waals surface area contributed by atoms with E-state index in [0.717, 1.165) is 57.4 Å². The summed E-state index contributed by atoms with van der Waals surface area (Å²) in [5, 5.41) is 3.04. The molecule has 1 aliphatic rings. The molecule has 1 amide bonds. The highest BCUT2D eigenvalue weighted by atomic mass is 16.1. The highest BCUT2D eigenvalue weighted by molar-refractivity contribution is 5.78. The molecule has 0 radical (unpaired) electrons. The van der Waals surface area contributed by atoms with Gasteiger partial charge in [-0.25, -0.2) is 4.98 Å². The predicted molar refractivity (Wildman–Crippen MR) is 74.4 cm³/mol. The van der Waals surface area contributed by atoms with Crippen molar-refractivity contribution >= 4 is 5.91 Å². The van der Waals surface area contributed by atoms with Gasteiger partial charge in [0, 0.05) is 31.3 Å². The molecule has 1 fully saturated rings. The summed E-state index contributed by atoms with van der Waals surface area (Å²) >= 11 is 0. The molecule has 0 unspecified atom stereocenters. The summed E-state index contributed by atoms with van der Waals surface area (Å²) in [5.74, 6) is 2.03. The van der Waals surface area contributed by atoms with Crippen LogP contribution in [0.15, 0.2) is 12.4 Å². The lowest BCUT2D eigenvalue weighted by Gasteiger charge is -2.26. The molecule has 106 valence electrons. The molecule has 19 heavy (non-hydrogen) atoms. The molecule has 5 nitrogen and oxygen atoms in total. The van der Waals surface area contributed by atoms with E-state index in [4.69, 9.17) is 5.73 Å². The number of aromatic amines is 1. The second kappa shape index (κ2) is 7.28. The Hall–Kier alpha value is -1.36. The van der Waals surface area contributed by atoms with Crippen LogP contribution in [-0.2, 0) is 11.2 Å². The first-order valence-corrected chi connectivity index (χ1v) is 7.25. The van der Waals surface area contributed by atoms with Gasteiger partial charge in [-0.15, -0.1) is 0 Å². The number of carbonyl (C=O) groups excluding carboxylic acids is 1. The van der Waals surface area contributed by atoms with Crippen molar-refractivity contribution < 1.29 is 4.79 Å². The van der Waals surface area contributed by atoms with Gasteiger partial charge in [-0.3, -0.25) is 4.79 Å². The third-order valence-corrected chi connectivity index (χ3v) is 4.00. The molecule has 0 aliphatic heterocycles. The topological polar surface area (TPSA) is 83.8 Å². The van der Waals surface area contributed by atoms with Crippen LogP contribution in [0.5, 0.6) is 0 Å². The molecule has 1 saturated carbocycles. The summed E-state index contributed by atoms with van der Waals surface area (Å²) < 4.78 is 0. The van der Waals surface area contributed by atoms with E-state index in [2.05, 4.69) is 15.3 Å². The standard InChI is InChI=1S/C14H24N4O/c15-10-11-3-5-12(6-4-11)14(19)18-7-1-2-13-16-8-9-17-13/h8-9,11-12H,1-7,10,15H2,(H,16,17)(H,18,19). The zero-order chi connectivity index (χ0) is 13.5. The summed E-state index contributed by atoms with van der Waals surface area (Å²) in [4.78, 5) is 19.2. The minimum atomic E-state index is 0.200. The maximum atomic E-state index is 12.0. The Morgan fingerprint density at radius 1 is 1.42 bits per heavy atom. The molecule has 0 atom stereocenters. The number of carbonyl (C=O) groups is 1. The van der Waals surface area contributed by atoms with Gasteiger partial charge in [-0.05, 0) is 44.6 Å². The molecule has 4 N–H and O–H groups in total. The van der Waals surface area contributed by atoms with Crippen LogP contribution in [0, 0.1) is 11.8 Å². The number of hydrogen-bond donors (Lipinski definition) is 3. The minimum Gasteiger partial charge on any atom is -0.356 e. The Bertz CT molecular complexity index is 369. The van der Waals surface area contributed by atoms with E-state index in [0.29, 0.717) is 5.92 Å². The average Bonchev–Trinajstić information content (AvgIpc) is 2.96. The summed E-state index contributed by atoms with van der Waals surface area (Å²) in [6, 6.07) is 0. The largest absolute Gasteiger partial charge is 0.356 e. The van der Waals surface area contributed by atoms with Gasteiger partial charge >= 0.3 is 0 Å². The molecular formula is C14H24N4O. The van der Waals surface area contributed by atoms with Crippen LogP contribution in [0.2, 0.25) is 0 Å². The van der Waals surface area contributed by atoms with E-state index in [1.165, 1.54) is 0 Å². The van der Waals surface area contributed by atoms with Gasteiger partial charge in [-0.2, -0.15) is 0 Å². The molecule has 0 aromatic carbocycles. The molecule has 5 heteroatoms. The van der Waals surface area contributed by atoms with E-state index in [1.807, 2.05) is 6.20 Å². The van der Waals surface area contributed by atoms with Gasteiger partial charge in [-0.1, -0.05) is 0 Å². The highest BCUT2D eigenvalue weighted by Crippen LogP contribution is 2.28. The Kier molecular flexibility index (Phi) is 5.39. The fourth-order valence-electron chi connectivity index (χ4n) is 2.71. The summed E-state index contributed by atoms with van der Waals surface area (Å²) in [5.41, 5.74) is 5.66. The number of H-pyrrole nitrogens is 1. The Balaban J connectivity index is 1.59. The molecule has 2 rings (SSSR count). The Labute approximate surface area is 114 Å². The number of rotatable bonds is 6. The molecular weight excluding hydrogens is 240 g/mol. The molecule has 1 aromatic heterocycles. The smallest absolute Gasteiger partial charge is 0.223 e. The summed E-state index contributed by atoms with van der Waals surface area (Å²) in [6.07, 6.45) is 9.57. The number of nitrogens with two attached hydrogens (primary N) is 1. The van der Waals surface area contributed by atoms with Gasteiger partial charge in [0.05, 0.1) is 0 Å². The van der Waals surface area contributed by atoms with Crippen molar-refractivity contribution in [3.05, 3.63) is 18.2 Å². The number of aryl methyl sites for hydroxylation is 1. The molecule has 1 aliphatic carbocycles. The fourth-order valence-corrected chi connectivity index (χ4v) is 2.71. The maximum Gasteiger partial charge on any atom is 0.223 e. The quantitative estimate of drug-likeness (QED) is 0.676. The number of amides is 1. The molecule has 0 saturated heterocycles. The third kappa shape index (κ3) is 4.35. The van der Waals surface area contributed by atoms with Crippen molar-refractivity contribution in [1.29, 1.82) is 0 Å². The maximum absolute atomic E-state index is 12.0. The van der Waals surface area contributed by atoms with E-state index in [9.17, 15) is 4.79 Å². The van der Waals surface area contributed by atoms with E-state index in [-0.39, 0.29) is 11.8 Å². The van der Waals surface area contributed by atoms with E-state index in [1.54, 1.807) is 6.20 Å². The predicted octanol–water partition coefficient (Wildman–Crippen LogP) is 1.22. The van der Waals surface area contributed by atoms with Crippen LogP contribution in [0.4, 0.5) is 0 Å². The SMILES string of the molecule is NCC1CCC(C(=O)NCCCc2ncc[nH]2)CC1. The van der Waals surface area contributed by atoms with Crippen LogP contribution in [0.1, 0.15) is 37.9 Å². The summed E-state index contributed by atoms with van der Waals surface area (Å²) in [6.45, 7) is 1.49. The van der Waals surface area contributed by atoms with Crippen LogP contribution in [0.3, 0.4) is 0 Å². The van der Waals surface area contributed by atoms with Crippen molar-refractivity contribution in [3.8, 4) is 0 Å². The fraction of sp³-hybridized carbons (Fsp3) is 0.714. The van der Waals surface area contributed by atoms with Gasteiger partial charge in [0.25, 0.3) is 0 Å². The lowest BCUT2D eigenvalue weighted by molar-refractivity contribution is -0.126. The molecule has 1 aromatic rings. The summed E-state index contributed by atoms with van der Waals surface area (Å²) in [7, 11) is 0. The van der Waals surface area contributed by atoms with Gasteiger partial charge in [0.1, 0.15) is 5.82 Å². The number of nitrogens with one attached hydrogen (secondary N) is 2. The monoisotopic (exact) mass is 264 g/mol. The number of nitrogens with zero attached hydrogens (tertiary/aromatic N) is 1. The Morgan fingerprint density at radius 3 is 2.84 bits per heavy atom. The first-order chi connectivity index (χ1) is 9.29. The van der Waals surface area contributed by atoms with Crippen LogP contribution in [-0.4, -0.2) is 29.0 Å². The van der Waals surface area contributed by atoms with Gasteiger partial charge < -0.3 is 16.0 Å². The lowest BCUT2D eigenvalue weighted by Crippen LogP contribution is -2.34. The van der Waals surface area contributed by atoms with Crippen LogP contribution >= 0.6 is 0 Å². The normalized spacial score (nSPS) is 23.2. The molecule has 0 spiro atoms. The zero-order valence-corrected chi connectivity index (χ0v) is 11.4. The van der Waals surface area contributed by atoms with Crippen molar-refractivity contribution in [2.24, 2.45) is 17.6 Å². The number of aromatic nitrogens is 2. The molecule has 1 heterocycles. The highest BCUT2D eigenvalue weighted by Gasteiger charge is 2.25. The van der Waals surface area contributed by atoms with E-state index < -0.39 is 0 Å². The first kappa shape index (κ1) is 14.1. The zero-order valence-electron chi connectivity index (χ0n) is 11.4. The average molecular weight is 264 g/mol. The van der Waals surface area contributed by atoms with Crippen molar-refractivity contribution in [2.45, 2.75) is 38.5 Å². The van der Waals surface area contributed by atoms with Crippen molar-refractivity contribution in [2.75, 3.05) is 13.1 Å². The minimum absolute atomic E-state index is 0.200. The lowest BCUT2D eigenvalue weighted by atomic mass is 9.81. The van der Waals surface area contributed by atoms with Crippen molar-refractivity contribution in [3.63, 3.8) is 0 Å². The molecule has 0 bridgehead atoms. The van der Waals surface area contributed by atoms with Gasteiger partial charge in [0.15, 0.2) is 0 Å². The van der Waals surface area contributed by atoms with Crippen LogP contribution in [0.25, 0.3) is 0 Å². The number of imidazole rings is 1. The van der Waals surface area contributed by atoms with Crippen LogP contribution < -0.4 is 11.1 Å². The first-order valence-electron chi connectivity index (χ1n) is 7.25. The second-order valence-electron chi connectivity index (χ2n) is 5.38. The third-order valence-electron chi connectivity index (χ3n) is 4.00. The van der Waals surface area contributed by atoms with Gasteiger partial charge in [0.2, 0.25) is 5.91 Å².